The van der Waals surface area contributed by atoms with Crippen molar-refractivity contribution in [1.29, 1.82) is 0 Å². The Balaban J connectivity index is 1.56. The third-order valence-electron chi connectivity index (χ3n) is 5.13. The summed E-state index contributed by atoms with van der Waals surface area (Å²) in [6.07, 6.45) is -3.58. The molecular weight excluding hydrogens is 381 g/mol. The third kappa shape index (κ3) is 5.16. The summed E-state index contributed by atoms with van der Waals surface area (Å²) in [5, 5.41) is 0. The van der Waals surface area contributed by atoms with Crippen LogP contribution in [-0.4, -0.2) is 47.8 Å². The fraction of sp³-hybridized carbons (Fsp3) is 0.364. The number of alkyl halides is 3. The van der Waals surface area contributed by atoms with Gasteiger partial charge >= 0.3 is 6.18 Å². The Kier molecular flexibility index (Phi) is 6.25. The first-order valence-corrected chi connectivity index (χ1v) is 9.54. The van der Waals surface area contributed by atoms with Gasteiger partial charge in [0, 0.05) is 32.6 Å². The molecule has 1 aliphatic rings. The molecule has 0 spiro atoms. The minimum atomic E-state index is -4.58. The molecule has 3 rings (SSSR count). The second-order valence-corrected chi connectivity index (χ2v) is 7.20. The van der Waals surface area contributed by atoms with Crippen molar-refractivity contribution in [3.8, 4) is 0 Å². The zero-order valence-corrected chi connectivity index (χ0v) is 16.2. The molecule has 0 atom stereocenters. The molecular formula is C22H23F3N2O2. The molecule has 4 nitrogen and oxygen atoms in total. The number of hydrogen-bond acceptors (Lipinski definition) is 2. The van der Waals surface area contributed by atoms with E-state index in [1.807, 2.05) is 31.2 Å². The van der Waals surface area contributed by atoms with Crippen LogP contribution in [0.1, 0.15) is 33.5 Å². The molecule has 2 aromatic rings. The molecule has 0 bridgehead atoms. The van der Waals surface area contributed by atoms with Crippen LogP contribution in [-0.2, 0) is 17.4 Å². The van der Waals surface area contributed by atoms with Crippen LogP contribution in [0.2, 0.25) is 0 Å². The fourth-order valence-electron chi connectivity index (χ4n) is 3.41. The molecule has 2 aromatic carbocycles. The Hall–Kier alpha value is -2.83. The van der Waals surface area contributed by atoms with Crippen molar-refractivity contribution in [2.45, 2.75) is 25.9 Å². The summed E-state index contributed by atoms with van der Waals surface area (Å²) in [7, 11) is 0. The van der Waals surface area contributed by atoms with Crippen LogP contribution in [0.4, 0.5) is 13.2 Å². The summed E-state index contributed by atoms with van der Waals surface area (Å²) in [6, 6.07) is 12.8. The Morgan fingerprint density at radius 1 is 0.897 bits per heavy atom. The van der Waals surface area contributed by atoms with E-state index in [1.54, 1.807) is 4.90 Å². The lowest BCUT2D eigenvalue weighted by Crippen LogP contribution is -2.50. The van der Waals surface area contributed by atoms with Gasteiger partial charge in [0.1, 0.15) is 0 Å². The molecule has 29 heavy (non-hydrogen) atoms. The van der Waals surface area contributed by atoms with Gasteiger partial charge in [-0.05, 0) is 31.0 Å². The summed E-state index contributed by atoms with van der Waals surface area (Å²) >= 11 is 0. The lowest BCUT2D eigenvalue weighted by molar-refractivity contribution is -0.138. The molecule has 1 aliphatic heterocycles. The van der Waals surface area contributed by atoms with Gasteiger partial charge in [0.05, 0.1) is 11.1 Å². The predicted octanol–water partition coefficient (Wildman–Crippen LogP) is 3.93. The van der Waals surface area contributed by atoms with Crippen molar-refractivity contribution in [3.05, 3.63) is 70.8 Å². The van der Waals surface area contributed by atoms with Crippen LogP contribution in [0.5, 0.6) is 0 Å². The van der Waals surface area contributed by atoms with Gasteiger partial charge in [-0.15, -0.1) is 0 Å². The van der Waals surface area contributed by atoms with Crippen molar-refractivity contribution in [2.75, 3.05) is 26.2 Å². The Morgan fingerprint density at radius 2 is 1.48 bits per heavy atom. The number of hydrogen-bond donors (Lipinski definition) is 0. The normalized spacial score (nSPS) is 14.8. The van der Waals surface area contributed by atoms with E-state index in [0.717, 1.165) is 17.2 Å². The second-order valence-electron chi connectivity index (χ2n) is 7.20. The molecule has 0 radical (unpaired) electrons. The van der Waals surface area contributed by atoms with Gasteiger partial charge in [-0.3, -0.25) is 9.59 Å². The van der Waals surface area contributed by atoms with Gasteiger partial charge in [0.25, 0.3) is 5.91 Å². The van der Waals surface area contributed by atoms with Crippen LogP contribution in [0.15, 0.2) is 48.5 Å². The van der Waals surface area contributed by atoms with E-state index in [0.29, 0.717) is 25.9 Å². The smallest absolute Gasteiger partial charge is 0.339 e. The van der Waals surface area contributed by atoms with E-state index < -0.39 is 17.6 Å². The first-order chi connectivity index (χ1) is 13.8. The summed E-state index contributed by atoms with van der Waals surface area (Å²) in [4.78, 5) is 28.1. The molecule has 7 heteroatoms. The van der Waals surface area contributed by atoms with Crippen LogP contribution in [0.3, 0.4) is 0 Å². The average Bonchev–Trinajstić information content (AvgIpc) is 2.72. The highest BCUT2D eigenvalue weighted by Crippen LogP contribution is 2.32. The zero-order valence-electron chi connectivity index (χ0n) is 16.2. The third-order valence-corrected chi connectivity index (χ3v) is 5.13. The SMILES string of the molecule is Cc1ccc(CCC(=O)N2CCN(C(=O)c3ccccc3C(F)(F)F)CC2)cc1. The minimum Gasteiger partial charge on any atom is -0.339 e. The number of amides is 2. The standard InChI is InChI=1S/C22H23F3N2O2/c1-16-6-8-17(9-7-16)10-11-20(28)26-12-14-27(15-13-26)21(29)18-4-2-3-5-19(18)22(23,24)25/h2-9H,10-15H2,1H3. The first kappa shape index (κ1) is 20.9. The largest absolute Gasteiger partial charge is 0.417 e. The highest BCUT2D eigenvalue weighted by atomic mass is 19.4. The molecule has 1 saturated heterocycles. The highest BCUT2D eigenvalue weighted by Gasteiger charge is 2.36. The summed E-state index contributed by atoms with van der Waals surface area (Å²) < 4.78 is 39.5. The van der Waals surface area contributed by atoms with Crippen LogP contribution in [0, 0.1) is 6.92 Å². The molecule has 0 unspecified atom stereocenters. The number of rotatable bonds is 4. The van der Waals surface area contributed by atoms with Gasteiger partial charge in [-0.1, -0.05) is 42.0 Å². The zero-order chi connectivity index (χ0) is 21.0. The highest BCUT2D eigenvalue weighted by molar-refractivity contribution is 5.96. The van der Waals surface area contributed by atoms with Crippen molar-refractivity contribution in [1.82, 2.24) is 9.80 Å². The molecule has 2 amide bonds. The molecule has 0 saturated carbocycles. The molecule has 0 N–H and O–H groups in total. The van der Waals surface area contributed by atoms with E-state index in [1.165, 1.54) is 23.1 Å². The number of piperazine rings is 1. The number of carbonyl (C=O) groups is 2. The summed E-state index contributed by atoms with van der Waals surface area (Å²) in [5.41, 5.74) is 0.968. The van der Waals surface area contributed by atoms with Gasteiger partial charge in [-0.25, -0.2) is 0 Å². The topological polar surface area (TPSA) is 40.6 Å². The maximum Gasteiger partial charge on any atom is 0.417 e. The van der Waals surface area contributed by atoms with E-state index >= 15 is 0 Å². The predicted molar refractivity (Wildman–Crippen MR) is 103 cm³/mol. The Labute approximate surface area is 167 Å². The van der Waals surface area contributed by atoms with Crippen LogP contribution in [0.25, 0.3) is 0 Å². The number of halogens is 3. The number of nitrogens with zero attached hydrogens (tertiary/aromatic N) is 2. The molecule has 1 heterocycles. The van der Waals surface area contributed by atoms with E-state index in [-0.39, 0.29) is 24.6 Å². The van der Waals surface area contributed by atoms with E-state index in [9.17, 15) is 22.8 Å². The Bertz CT molecular complexity index is 870. The maximum absolute atomic E-state index is 13.2. The maximum atomic E-state index is 13.2. The van der Waals surface area contributed by atoms with Crippen molar-refractivity contribution >= 4 is 11.8 Å². The lowest BCUT2D eigenvalue weighted by atomic mass is 10.1. The number of benzene rings is 2. The molecule has 0 aromatic heterocycles. The first-order valence-electron chi connectivity index (χ1n) is 9.54. The van der Waals surface area contributed by atoms with Gasteiger partial charge < -0.3 is 9.80 Å². The van der Waals surface area contributed by atoms with Crippen molar-refractivity contribution in [2.24, 2.45) is 0 Å². The van der Waals surface area contributed by atoms with Crippen LogP contribution < -0.4 is 0 Å². The number of carbonyl (C=O) groups excluding carboxylic acids is 2. The van der Waals surface area contributed by atoms with Gasteiger partial charge in [-0.2, -0.15) is 13.2 Å². The quantitative estimate of drug-likeness (QED) is 0.775. The lowest BCUT2D eigenvalue weighted by Gasteiger charge is -2.35. The van der Waals surface area contributed by atoms with Crippen molar-refractivity contribution < 1.29 is 22.8 Å². The molecule has 0 aliphatic carbocycles. The molecule has 154 valence electrons. The Morgan fingerprint density at radius 3 is 2.10 bits per heavy atom. The van der Waals surface area contributed by atoms with E-state index in [2.05, 4.69) is 0 Å². The average molecular weight is 404 g/mol. The summed E-state index contributed by atoms with van der Waals surface area (Å²) in [6.45, 7) is 3.10. The monoisotopic (exact) mass is 404 g/mol. The minimum absolute atomic E-state index is 0.00614. The molecule has 1 fully saturated rings. The van der Waals surface area contributed by atoms with Gasteiger partial charge in [0.2, 0.25) is 5.91 Å². The second kappa shape index (κ2) is 8.68. The summed E-state index contributed by atoms with van der Waals surface area (Å²) in [5.74, 6) is -0.655. The van der Waals surface area contributed by atoms with Gasteiger partial charge in [0.15, 0.2) is 0 Å². The van der Waals surface area contributed by atoms with Crippen molar-refractivity contribution in [3.63, 3.8) is 0 Å². The van der Waals surface area contributed by atoms with Crippen LogP contribution >= 0.6 is 0 Å². The number of aryl methyl sites for hydroxylation is 2. The van der Waals surface area contributed by atoms with E-state index in [4.69, 9.17) is 0 Å². The fourth-order valence-corrected chi connectivity index (χ4v) is 3.41.